The van der Waals surface area contributed by atoms with Crippen LogP contribution in [0.15, 0.2) is 49.1 Å². The van der Waals surface area contributed by atoms with Crippen LogP contribution in [0.4, 0.5) is 13.2 Å². The number of H-pyrrole nitrogens is 1. The number of benzene rings is 1. The predicted molar refractivity (Wildman–Crippen MR) is 115 cm³/mol. The van der Waals surface area contributed by atoms with Crippen LogP contribution in [0, 0.1) is 0 Å². The monoisotopic (exact) mass is 445 g/mol. The lowest BCUT2D eigenvalue weighted by Crippen LogP contribution is -2.49. The van der Waals surface area contributed by atoms with E-state index in [0.717, 1.165) is 23.7 Å². The molecule has 170 valence electrons. The molecule has 2 heterocycles. The molecule has 2 aromatic heterocycles. The topological polar surface area (TPSA) is 73.9 Å². The summed E-state index contributed by atoms with van der Waals surface area (Å²) >= 11 is 0. The van der Waals surface area contributed by atoms with E-state index in [-0.39, 0.29) is 23.6 Å². The van der Waals surface area contributed by atoms with Gasteiger partial charge in [0.1, 0.15) is 18.1 Å². The van der Waals surface area contributed by atoms with Crippen LogP contribution >= 0.6 is 0 Å². The largest absolute Gasteiger partial charge is 0.408 e. The zero-order valence-electron chi connectivity index (χ0n) is 17.8. The zero-order chi connectivity index (χ0) is 22.7. The highest BCUT2D eigenvalue weighted by atomic mass is 19.4. The van der Waals surface area contributed by atoms with Crippen molar-refractivity contribution in [2.45, 2.75) is 56.9 Å². The van der Waals surface area contributed by atoms with Gasteiger partial charge >= 0.3 is 6.18 Å². The Bertz CT molecular complexity index is 1020. The van der Waals surface area contributed by atoms with Crippen LogP contribution in [0.25, 0.3) is 10.9 Å². The standard InChI is InChI=1S/C23H26F3N5O/c1-2-31(22(32)20-10-15-6-3-4-9-19(15)30-20)18-8-5-7-17(11-18)29-21(23(24,25)26)16-12-27-14-28-13-16/h3-4,6,9-10,12-14,17-18,21,29-30H,2,5,7-8,11H2,1H3. The second-order valence-electron chi connectivity index (χ2n) is 8.19. The summed E-state index contributed by atoms with van der Waals surface area (Å²) in [6.07, 6.45) is 1.71. The van der Waals surface area contributed by atoms with E-state index in [4.69, 9.17) is 0 Å². The second-order valence-corrected chi connectivity index (χ2v) is 8.19. The van der Waals surface area contributed by atoms with Crippen molar-refractivity contribution in [3.05, 3.63) is 60.3 Å². The highest BCUT2D eigenvalue weighted by Crippen LogP contribution is 2.35. The summed E-state index contributed by atoms with van der Waals surface area (Å²) in [5.41, 5.74) is 1.37. The lowest BCUT2D eigenvalue weighted by Gasteiger charge is -2.38. The van der Waals surface area contributed by atoms with Gasteiger partial charge in [-0.2, -0.15) is 13.2 Å². The van der Waals surface area contributed by atoms with Gasteiger partial charge in [0.05, 0.1) is 0 Å². The Morgan fingerprint density at radius 1 is 1.25 bits per heavy atom. The van der Waals surface area contributed by atoms with Gasteiger partial charge in [-0.15, -0.1) is 0 Å². The summed E-state index contributed by atoms with van der Waals surface area (Å²) < 4.78 is 41.2. The number of carbonyl (C=O) groups excluding carboxylic acids is 1. The Morgan fingerprint density at radius 3 is 2.69 bits per heavy atom. The Hall–Kier alpha value is -2.94. The average molecular weight is 445 g/mol. The molecule has 4 rings (SSSR count). The lowest BCUT2D eigenvalue weighted by atomic mass is 9.88. The van der Waals surface area contributed by atoms with E-state index in [0.29, 0.717) is 25.1 Å². The van der Waals surface area contributed by atoms with E-state index in [1.807, 2.05) is 37.3 Å². The van der Waals surface area contributed by atoms with Crippen molar-refractivity contribution in [2.75, 3.05) is 6.54 Å². The molecule has 32 heavy (non-hydrogen) atoms. The first-order valence-corrected chi connectivity index (χ1v) is 10.8. The average Bonchev–Trinajstić information content (AvgIpc) is 3.22. The van der Waals surface area contributed by atoms with Crippen LogP contribution in [0.5, 0.6) is 0 Å². The number of aromatic amines is 1. The molecule has 1 amide bonds. The number of para-hydroxylation sites is 1. The van der Waals surface area contributed by atoms with Gasteiger partial charge in [0.15, 0.2) is 0 Å². The summed E-state index contributed by atoms with van der Waals surface area (Å²) in [5, 5.41) is 3.72. The zero-order valence-corrected chi connectivity index (χ0v) is 17.8. The highest BCUT2D eigenvalue weighted by molar-refractivity contribution is 5.98. The minimum Gasteiger partial charge on any atom is -0.351 e. The van der Waals surface area contributed by atoms with Gasteiger partial charge in [-0.05, 0) is 44.7 Å². The lowest BCUT2D eigenvalue weighted by molar-refractivity contribution is -0.160. The molecular formula is C23H26F3N5O. The molecule has 1 saturated carbocycles. The van der Waals surface area contributed by atoms with Crippen LogP contribution in [0.2, 0.25) is 0 Å². The van der Waals surface area contributed by atoms with E-state index >= 15 is 0 Å². The first kappa shape index (κ1) is 22.3. The van der Waals surface area contributed by atoms with Crippen LogP contribution in [-0.4, -0.2) is 50.6 Å². The molecule has 9 heteroatoms. The second kappa shape index (κ2) is 9.28. The number of carbonyl (C=O) groups is 1. The van der Waals surface area contributed by atoms with Crippen molar-refractivity contribution in [1.82, 2.24) is 25.2 Å². The molecule has 3 unspecified atom stereocenters. The maximum absolute atomic E-state index is 13.7. The van der Waals surface area contributed by atoms with E-state index in [2.05, 4.69) is 20.3 Å². The van der Waals surface area contributed by atoms with Gasteiger partial charge < -0.3 is 9.88 Å². The van der Waals surface area contributed by atoms with Gasteiger partial charge in [-0.1, -0.05) is 18.2 Å². The fraction of sp³-hybridized carbons (Fsp3) is 0.435. The quantitative estimate of drug-likeness (QED) is 0.581. The molecule has 2 N–H and O–H groups in total. The van der Waals surface area contributed by atoms with Gasteiger partial charge in [0.25, 0.3) is 5.91 Å². The number of aromatic nitrogens is 3. The number of halogens is 3. The van der Waals surface area contributed by atoms with Crippen molar-refractivity contribution < 1.29 is 18.0 Å². The molecule has 1 aliphatic carbocycles. The molecule has 6 nitrogen and oxygen atoms in total. The summed E-state index contributed by atoms with van der Waals surface area (Å²) in [5.74, 6) is -0.127. The maximum atomic E-state index is 13.7. The molecule has 1 aliphatic rings. The van der Waals surface area contributed by atoms with Crippen molar-refractivity contribution in [1.29, 1.82) is 0 Å². The van der Waals surface area contributed by atoms with Crippen molar-refractivity contribution >= 4 is 16.8 Å². The molecule has 1 fully saturated rings. The van der Waals surface area contributed by atoms with Crippen LogP contribution in [0.3, 0.4) is 0 Å². The number of nitrogens with one attached hydrogen (secondary N) is 2. The number of hydrogen-bond acceptors (Lipinski definition) is 4. The van der Waals surface area contributed by atoms with Crippen molar-refractivity contribution in [2.24, 2.45) is 0 Å². The van der Waals surface area contributed by atoms with Gasteiger partial charge in [0.2, 0.25) is 0 Å². The molecule has 3 atom stereocenters. The molecule has 1 aromatic carbocycles. The summed E-state index contributed by atoms with van der Waals surface area (Å²) in [6, 6.07) is 7.14. The number of fused-ring (bicyclic) bond motifs is 1. The smallest absolute Gasteiger partial charge is 0.351 e. The fourth-order valence-corrected chi connectivity index (χ4v) is 4.58. The van der Waals surface area contributed by atoms with Crippen molar-refractivity contribution in [3.8, 4) is 0 Å². The van der Waals surface area contributed by atoms with Gasteiger partial charge in [-0.3, -0.25) is 10.1 Å². The minimum absolute atomic E-state index is 0.0105. The summed E-state index contributed by atoms with van der Waals surface area (Å²) in [4.78, 5) is 25.6. The van der Waals surface area contributed by atoms with E-state index in [9.17, 15) is 18.0 Å². The first-order valence-electron chi connectivity index (χ1n) is 10.8. The summed E-state index contributed by atoms with van der Waals surface area (Å²) in [7, 11) is 0. The maximum Gasteiger partial charge on any atom is 0.408 e. The number of rotatable bonds is 6. The SMILES string of the molecule is CCN(C(=O)c1cc2ccccc2[nH]1)C1CCCC(NC(c2cncnc2)C(F)(F)F)C1. The van der Waals surface area contributed by atoms with Gasteiger partial charge in [0, 0.05) is 47.5 Å². The third-order valence-electron chi connectivity index (χ3n) is 6.09. The first-order chi connectivity index (χ1) is 15.4. The summed E-state index contributed by atoms with van der Waals surface area (Å²) in [6.45, 7) is 2.39. The van der Waals surface area contributed by atoms with Crippen LogP contribution in [-0.2, 0) is 0 Å². The molecule has 0 radical (unpaired) electrons. The minimum atomic E-state index is -4.47. The number of alkyl halides is 3. The van der Waals surface area contributed by atoms with Crippen LogP contribution in [0.1, 0.15) is 54.7 Å². The Labute approximate surface area is 184 Å². The number of hydrogen-bond donors (Lipinski definition) is 2. The molecular weight excluding hydrogens is 419 g/mol. The van der Waals surface area contributed by atoms with Crippen LogP contribution < -0.4 is 5.32 Å². The van der Waals surface area contributed by atoms with Gasteiger partial charge in [-0.25, -0.2) is 9.97 Å². The molecule has 0 saturated heterocycles. The molecule has 3 aromatic rings. The van der Waals surface area contributed by atoms with E-state index in [1.54, 1.807) is 4.90 Å². The number of nitrogens with zero attached hydrogens (tertiary/aromatic N) is 3. The predicted octanol–water partition coefficient (Wildman–Crippen LogP) is 4.62. The third-order valence-corrected chi connectivity index (χ3v) is 6.09. The van der Waals surface area contributed by atoms with E-state index < -0.39 is 12.2 Å². The fourth-order valence-electron chi connectivity index (χ4n) is 4.58. The third kappa shape index (κ3) is 4.77. The molecule has 0 spiro atoms. The normalized spacial score (nSPS) is 20.2. The Balaban J connectivity index is 1.49. The highest BCUT2D eigenvalue weighted by Gasteiger charge is 2.43. The molecule has 0 aliphatic heterocycles. The molecule has 0 bridgehead atoms. The number of amides is 1. The van der Waals surface area contributed by atoms with Crippen molar-refractivity contribution in [3.63, 3.8) is 0 Å². The Morgan fingerprint density at radius 2 is 2.00 bits per heavy atom. The van der Waals surface area contributed by atoms with E-state index in [1.165, 1.54) is 18.7 Å². The Kier molecular flexibility index (Phi) is 6.45.